The molecule has 1 unspecified atom stereocenters. The summed E-state index contributed by atoms with van der Waals surface area (Å²) in [5.41, 5.74) is 11.4. The average Bonchev–Trinajstić information content (AvgIpc) is 2.60. The SMILES string of the molecule is CCOC(=O)C(=[N+]=[N-])C(SCc1ccccc1)c1ccccc1. The summed E-state index contributed by atoms with van der Waals surface area (Å²) >= 11 is 1.52. The molecule has 2 rings (SSSR count). The number of carbonyl (C=O) groups is 1. The molecule has 0 spiro atoms. The van der Waals surface area contributed by atoms with E-state index in [1.54, 1.807) is 6.92 Å². The Morgan fingerprint density at radius 1 is 1.13 bits per heavy atom. The van der Waals surface area contributed by atoms with E-state index >= 15 is 0 Å². The van der Waals surface area contributed by atoms with Crippen LogP contribution in [0.15, 0.2) is 60.7 Å². The average molecular weight is 326 g/mol. The van der Waals surface area contributed by atoms with Gasteiger partial charge in [-0.2, -0.15) is 4.79 Å². The van der Waals surface area contributed by atoms with Crippen molar-refractivity contribution in [2.24, 2.45) is 0 Å². The first-order chi connectivity index (χ1) is 11.3. The van der Waals surface area contributed by atoms with E-state index in [9.17, 15) is 10.3 Å². The van der Waals surface area contributed by atoms with Gasteiger partial charge in [-0.1, -0.05) is 60.7 Å². The van der Waals surface area contributed by atoms with Gasteiger partial charge in [0.2, 0.25) is 0 Å². The molecule has 0 N–H and O–H groups in total. The lowest BCUT2D eigenvalue weighted by Gasteiger charge is -2.12. The third kappa shape index (κ3) is 4.81. The number of carbonyl (C=O) groups excluding carboxylic acids is 1. The Labute approximate surface area is 140 Å². The van der Waals surface area contributed by atoms with Crippen molar-refractivity contribution in [1.82, 2.24) is 0 Å². The van der Waals surface area contributed by atoms with Gasteiger partial charge in [0, 0.05) is 5.75 Å². The van der Waals surface area contributed by atoms with Gasteiger partial charge in [-0.05, 0) is 18.1 Å². The number of esters is 1. The number of benzene rings is 2. The van der Waals surface area contributed by atoms with Crippen LogP contribution in [0.3, 0.4) is 0 Å². The van der Waals surface area contributed by atoms with Crippen LogP contribution >= 0.6 is 11.8 Å². The van der Waals surface area contributed by atoms with Crippen LogP contribution in [0.2, 0.25) is 0 Å². The van der Waals surface area contributed by atoms with Crippen molar-refractivity contribution in [1.29, 1.82) is 0 Å². The minimum Gasteiger partial charge on any atom is -0.457 e. The van der Waals surface area contributed by atoms with Gasteiger partial charge < -0.3 is 10.3 Å². The maximum absolute atomic E-state index is 12.1. The largest absolute Gasteiger partial charge is 0.457 e. The molecule has 0 aliphatic carbocycles. The Hall–Kier alpha value is -2.36. The molecule has 0 aliphatic heterocycles. The summed E-state index contributed by atoms with van der Waals surface area (Å²) < 4.78 is 5.01. The molecule has 23 heavy (non-hydrogen) atoms. The van der Waals surface area contributed by atoms with Crippen LogP contribution in [-0.4, -0.2) is 23.1 Å². The van der Waals surface area contributed by atoms with Gasteiger partial charge in [0.05, 0.1) is 6.61 Å². The fourth-order valence-corrected chi connectivity index (χ4v) is 3.32. The third-order valence-corrected chi connectivity index (χ3v) is 4.53. The monoisotopic (exact) mass is 326 g/mol. The van der Waals surface area contributed by atoms with E-state index in [4.69, 9.17) is 4.74 Å². The number of hydrogen-bond donors (Lipinski definition) is 0. The summed E-state index contributed by atoms with van der Waals surface area (Å²) in [6.07, 6.45) is 0. The van der Waals surface area contributed by atoms with E-state index in [-0.39, 0.29) is 17.6 Å². The van der Waals surface area contributed by atoms with Crippen LogP contribution in [0.4, 0.5) is 0 Å². The number of nitrogens with zero attached hydrogens (tertiary/aromatic N) is 2. The van der Waals surface area contributed by atoms with E-state index in [0.29, 0.717) is 5.75 Å². The Morgan fingerprint density at radius 2 is 1.74 bits per heavy atom. The first kappa shape index (κ1) is 17.0. The maximum atomic E-state index is 12.1. The second kappa shape index (κ2) is 8.93. The topological polar surface area (TPSA) is 62.7 Å². The van der Waals surface area contributed by atoms with Crippen molar-refractivity contribution in [2.45, 2.75) is 17.9 Å². The lowest BCUT2D eigenvalue weighted by molar-refractivity contribution is -0.140. The van der Waals surface area contributed by atoms with Gasteiger partial charge in [-0.25, -0.2) is 4.79 Å². The standard InChI is InChI=1S/C18H18N2O2S/c1-2-22-18(21)16(20-19)17(15-11-7-4-8-12-15)23-13-14-9-5-3-6-10-14/h3-12,17H,2,13H2,1H3. The summed E-state index contributed by atoms with van der Waals surface area (Å²) in [5, 5.41) is -0.388. The Morgan fingerprint density at radius 3 is 2.30 bits per heavy atom. The van der Waals surface area contributed by atoms with Gasteiger partial charge in [0.15, 0.2) is 0 Å². The molecule has 0 saturated heterocycles. The highest BCUT2D eigenvalue weighted by atomic mass is 32.2. The van der Waals surface area contributed by atoms with E-state index in [0.717, 1.165) is 11.1 Å². The maximum Gasteiger partial charge on any atom is 0.418 e. The second-order valence-electron chi connectivity index (χ2n) is 4.79. The van der Waals surface area contributed by atoms with Gasteiger partial charge in [0.25, 0.3) is 0 Å². The van der Waals surface area contributed by atoms with Crippen molar-refractivity contribution in [3.8, 4) is 0 Å². The van der Waals surface area contributed by atoms with E-state index < -0.39 is 5.97 Å². The molecular weight excluding hydrogens is 308 g/mol. The lowest BCUT2D eigenvalue weighted by atomic mass is 10.1. The van der Waals surface area contributed by atoms with E-state index in [1.165, 1.54) is 11.8 Å². The second-order valence-corrected chi connectivity index (χ2v) is 5.89. The number of rotatable bonds is 7. The Bertz CT molecular complexity index is 683. The van der Waals surface area contributed by atoms with Crippen molar-refractivity contribution in [3.63, 3.8) is 0 Å². The molecule has 0 fully saturated rings. The lowest BCUT2D eigenvalue weighted by Crippen LogP contribution is -2.24. The van der Waals surface area contributed by atoms with Crippen LogP contribution in [0.1, 0.15) is 23.3 Å². The van der Waals surface area contributed by atoms with Crippen LogP contribution < -0.4 is 0 Å². The van der Waals surface area contributed by atoms with E-state index in [1.807, 2.05) is 60.7 Å². The van der Waals surface area contributed by atoms with Crippen molar-refractivity contribution < 1.29 is 14.3 Å². The highest BCUT2D eigenvalue weighted by Crippen LogP contribution is 2.32. The normalized spacial score (nSPS) is 11.3. The molecule has 5 heteroatoms. The van der Waals surface area contributed by atoms with Gasteiger partial charge >= 0.3 is 11.7 Å². The predicted octanol–water partition coefficient (Wildman–Crippen LogP) is 3.90. The Kier molecular flexibility index (Phi) is 6.60. The molecule has 0 radical (unpaired) electrons. The molecule has 0 heterocycles. The first-order valence-corrected chi connectivity index (χ1v) is 8.40. The smallest absolute Gasteiger partial charge is 0.418 e. The molecule has 118 valence electrons. The molecule has 0 aromatic heterocycles. The van der Waals surface area contributed by atoms with Crippen LogP contribution in [0, 0.1) is 0 Å². The molecule has 1 atom stereocenters. The number of ether oxygens (including phenoxy) is 1. The highest BCUT2D eigenvalue weighted by Gasteiger charge is 2.34. The number of hydrogen-bond acceptors (Lipinski definition) is 3. The van der Waals surface area contributed by atoms with Gasteiger partial charge in [0.1, 0.15) is 5.25 Å². The minimum atomic E-state index is -0.593. The van der Waals surface area contributed by atoms with Gasteiger partial charge in [-0.3, -0.25) is 0 Å². The van der Waals surface area contributed by atoms with Crippen molar-refractivity contribution in [3.05, 3.63) is 77.3 Å². The molecule has 0 amide bonds. The van der Waals surface area contributed by atoms with Crippen LogP contribution in [0.25, 0.3) is 5.53 Å². The third-order valence-electron chi connectivity index (χ3n) is 3.20. The number of thioether (sulfide) groups is 1. The van der Waals surface area contributed by atoms with Crippen molar-refractivity contribution in [2.75, 3.05) is 6.61 Å². The molecule has 2 aromatic carbocycles. The summed E-state index contributed by atoms with van der Waals surface area (Å²) in [7, 11) is 0. The summed E-state index contributed by atoms with van der Waals surface area (Å²) in [6, 6.07) is 19.5. The molecule has 2 aromatic rings. The molecule has 4 nitrogen and oxygen atoms in total. The zero-order valence-electron chi connectivity index (χ0n) is 12.9. The first-order valence-electron chi connectivity index (χ1n) is 7.35. The van der Waals surface area contributed by atoms with Crippen LogP contribution in [0.5, 0.6) is 0 Å². The zero-order valence-corrected chi connectivity index (χ0v) is 13.7. The fraction of sp³-hybridized carbons (Fsp3) is 0.222. The summed E-state index contributed by atoms with van der Waals surface area (Å²) in [5.74, 6) is 0.100. The van der Waals surface area contributed by atoms with E-state index in [2.05, 4.69) is 4.79 Å². The highest BCUT2D eigenvalue weighted by molar-refractivity contribution is 7.99. The summed E-state index contributed by atoms with van der Waals surface area (Å²) in [6.45, 7) is 1.96. The minimum absolute atomic E-state index is 0.0129. The molecular formula is C18H18N2O2S. The zero-order chi connectivity index (χ0) is 16.5. The van der Waals surface area contributed by atoms with Crippen LogP contribution in [-0.2, 0) is 15.3 Å². The van der Waals surface area contributed by atoms with Crippen molar-refractivity contribution >= 4 is 23.4 Å². The predicted molar refractivity (Wildman–Crippen MR) is 92.2 cm³/mol. The quantitative estimate of drug-likeness (QED) is 0.335. The molecule has 0 bridgehead atoms. The molecule has 0 aliphatic rings. The molecule has 0 saturated carbocycles. The summed E-state index contributed by atoms with van der Waals surface area (Å²) in [4.78, 5) is 15.3. The van der Waals surface area contributed by atoms with Gasteiger partial charge in [-0.15, -0.1) is 11.8 Å². The Balaban J connectivity index is 2.25. The fourth-order valence-electron chi connectivity index (χ4n) is 2.12.